The summed E-state index contributed by atoms with van der Waals surface area (Å²) in [7, 11) is 0. The SMILES string of the molecule is O=C(CC1CSCCN1)OCc1ccc(Br)cc1. The minimum absolute atomic E-state index is 0.127. The van der Waals surface area contributed by atoms with Crippen molar-refractivity contribution in [2.75, 3.05) is 18.1 Å². The van der Waals surface area contributed by atoms with Crippen molar-refractivity contribution in [3.05, 3.63) is 34.3 Å². The highest BCUT2D eigenvalue weighted by atomic mass is 79.9. The molecule has 1 unspecified atom stereocenters. The molecule has 3 nitrogen and oxygen atoms in total. The Balaban J connectivity index is 1.72. The van der Waals surface area contributed by atoms with Crippen LogP contribution in [0.4, 0.5) is 0 Å². The summed E-state index contributed by atoms with van der Waals surface area (Å²) in [6.45, 7) is 1.33. The summed E-state index contributed by atoms with van der Waals surface area (Å²) in [6, 6.07) is 8.06. The van der Waals surface area contributed by atoms with E-state index < -0.39 is 0 Å². The molecule has 0 aromatic heterocycles. The maximum absolute atomic E-state index is 11.7. The van der Waals surface area contributed by atoms with Gasteiger partial charge in [-0.1, -0.05) is 28.1 Å². The van der Waals surface area contributed by atoms with Crippen molar-refractivity contribution in [1.29, 1.82) is 0 Å². The highest BCUT2D eigenvalue weighted by molar-refractivity contribution is 9.10. The van der Waals surface area contributed by atoms with Crippen molar-refractivity contribution in [3.8, 4) is 0 Å². The van der Waals surface area contributed by atoms with E-state index in [1.54, 1.807) is 0 Å². The number of benzene rings is 1. The molecule has 1 aliphatic heterocycles. The summed E-state index contributed by atoms with van der Waals surface area (Å²) in [5, 5.41) is 3.33. The summed E-state index contributed by atoms with van der Waals surface area (Å²) < 4.78 is 6.30. The molecule has 1 N–H and O–H groups in total. The minimum atomic E-state index is -0.127. The third-order valence-electron chi connectivity index (χ3n) is 2.72. The fourth-order valence-electron chi connectivity index (χ4n) is 1.76. The molecule has 2 rings (SSSR count). The Hall–Kier alpha value is -0.520. The lowest BCUT2D eigenvalue weighted by atomic mass is 10.2. The van der Waals surface area contributed by atoms with Crippen LogP contribution in [0.5, 0.6) is 0 Å². The van der Waals surface area contributed by atoms with E-state index in [-0.39, 0.29) is 12.0 Å². The molecule has 0 spiro atoms. The molecule has 1 atom stereocenters. The second-order valence-electron chi connectivity index (χ2n) is 4.22. The van der Waals surface area contributed by atoms with Crippen molar-refractivity contribution in [2.24, 2.45) is 0 Å². The van der Waals surface area contributed by atoms with Gasteiger partial charge in [-0.25, -0.2) is 0 Å². The fraction of sp³-hybridized carbons (Fsp3) is 0.462. The van der Waals surface area contributed by atoms with Crippen LogP contribution in [0.2, 0.25) is 0 Å². The summed E-state index contributed by atoms with van der Waals surface area (Å²) >= 11 is 5.26. The number of ether oxygens (including phenoxy) is 1. The molecule has 1 aliphatic rings. The molecular formula is C13H16BrNO2S. The van der Waals surface area contributed by atoms with E-state index in [9.17, 15) is 4.79 Å². The summed E-state index contributed by atoms with van der Waals surface area (Å²) in [5.74, 6) is 2.00. The van der Waals surface area contributed by atoms with Crippen LogP contribution in [0, 0.1) is 0 Å². The standard InChI is InChI=1S/C13H16BrNO2S/c14-11-3-1-10(2-4-11)8-17-13(16)7-12-9-18-6-5-15-12/h1-4,12,15H,5-9H2. The molecule has 0 aliphatic carbocycles. The van der Waals surface area contributed by atoms with Gasteiger partial charge in [-0.05, 0) is 17.7 Å². The lowest BCUT2D eigenvalue weighted by Crippen LogP contribution is -2.39. The van der Waals surface area contributed by atoms with Crippen LogP contribution in [0.3, 0.4) is 0 Å². The molecule has 1 aromatic carbocycles. The van der Waals surface area contributed by atoms with Gasteiger partial charge in [-0.15, -0.1) is 0 Å². The van der Waals surface area contributed by atoms with Crippen molar-refractivity contribution in [1.82, 2.24) is 5.32 Å². The number of nitrogens with one attached hydrogen (secondary N) is 1. The number of halogens is 1. The Kier molecular flexibility index (Phi) is 5.53. The smallest absolute Gasteiger partial charge is 0.307 e. The third-order valence-corrected chi connectivity index (χ3v) is 4.38. The molecule has 1 fully saturated rings. The van der Waals surface area contributed by atoms with Crippen LogP contribution in [-0.2, 0) is 16.1 Å². The van der Waals surface area contributed by atoms with Gasteiger partial charge in [0.2, 0.25) is 0 Å². The molecule has 98 valence electrons. The van der Waals surface area contributed by atoms with Gasteiger partial charge in [0.25, 0.3) is 0 Å². The van der Waals surface area contributed by atoms with Gasteiger partial charge in [0.15, 0.2) is 0 Å². The first-order chi connectivity index (χ1) is 8.74. The van der Waals surface area contributed by atoms with Crippen molar-refractivity contribution >= 4 is 33.7 Å². The van der Waals surface area contributed by atoms with E-state index in [1.165, 1.54) is 0 Å². The van der Waals surface area contributed by atoms with E-state index in [0.717, 1.165) is 28.1 Å². The molecule has 18 heavy (non-hydrogen) atoms. The highest BCUT2D eigenvalue weighted by Gasteiger charge is 2.17. The quantitative estimate of drug-likeness (QED) is 0.862. The van der Waals surface area contributed by atoms with Gasteiger partial charge in [0.05, 0.1) is 6.42 Å². The minimum Gasteiger partial charge on any atom is -0.461 e. The average Bonchev–Trinajstić information content (AvgIpc) is 2.39. The number of carbonyl (C=O) groups is 1. The van der Waals surface area contributed by atoms with Crippen LogP contribution in [0.25, 0.3) is 0 Å². The topological polar surface area (TPSA) is 38.3 Å². The van der Waals surface area contributed by atoms with E-state index in [4.69, 9.17) is 4.74 Å². The van der Waals surface area contributed by atoms with Gasteiger partial charge in [0.1, 0.15) is 6.61 Å². The molecule has 0 amide bonds. The normalized spacial score (nSPS) is 19.5. The third kappa shape index (κ3) is 4.63. The lowest BCUT2D eigenvalue weighted by Gasteiger charge is -2.22. The number of carbonyl (C=O) groups excluding carboxylic acids is 1. The average molecular weight is 330 g/mol. The molecule has 1 heterocycles. The van der Waals surface area contributed by atoms with Crippen LogP contribution >= 0.6 is 27.7 Å². The molecule has 1 saturated heterocycles. The Morgan fingerprint density at radius 2 is 2.22 bits per heavy atom. The number of rotatable bonds is 4. The van der Waals surface area contributed by atoms with Gasteiger partial charge in [0, 0.05) is 28.6 Å². The van der Waals surface area contributed by atoms with Crippen molar-refractivity contribution in [3.63, 3.8) is 0 Å². The molecule has 0 bridgehead atoms. The first-order valence-electron chi connectivity index (χ1n) is 5.95. The highest BCUT2D eigenvalue weighted by Crippen LogP contribution is 2.13. The number of hydrogen-bond donors (Lipinski definition) is 1. The van der Waals surface area contributed by atoms with E-state index in [0.29, 0.717) is 13.0 Å². The monoisotopic (exact) mass is 329 g/mol. The van der Waals surface area contributed by atoms with Crippen molar-refractivity contribution in [2.45, 2.75) is 19.1 Å². The Morgan fingerprint density at radius 1 is 1.44 bits per heavy atom. The van der Waals surface area contributed by atoms with E-state index >= 15 is 0 Å². The second-order valence-corrected chi connectivity index (χ2v) is 6.28. The Bertz CT molecular complexity index is 390. The first kappa shape index (κ1) is 13.9. The molecule has 5 heteroatoms. The maximum Gasteiger partial charge on any atom is 0.307 e. The zero-order valence-corrected chi connectivity index (χ0v) is 12.4. The van der Waals surface area contributed by atoms with Crippen molar-refractivity contribution < 1.29 is 9.53 Å². The predicted octanol–water partition coefficient (Wildman–Crippen LogP) is 2.59. The van der Waals surface area contributed by atoms with E-state index in [1.807, 2.05) is 36.0 Å². The first-order valence-corrected chi connectivity index (χ1v) is 7.90. The van der Waals surface area contributed by atoms with Crippen LogP contribution in [-0.4, -0.2) is 30.1 Å². The summed E-state index contributed by atoms with van der Waals surface area (Å²) in [6.07, 6.45) is 0.462. The van der Waals surface area contributed by atoms with Gasteiger partial charge >= 0.3 is 5.97 Å². The number of hydrogen-bond acceptors (Lipinski definition) is 4. The zero-order valence-electron chi connectivity index (χ0n) is 10.0. The second kappa shape index (κ2) is 7.16. The molecule has 0 radical (unpaired) electrons. The van der Waals surface area contributed by atoms with E-state index in [2.05, 4.69) is 21.2 Å². The molecule has 1 aromatic rings. The lowest BCUT2D eigenvalue weighted by molar-refractivity contribution is -0.145. The van der Waals surface area contributed by atoms with Crippen LogP contribution in [0.1, 0.15) is 12.0 Å². The van der Waals surface area contributed by atoms with Crippen LogP contribution < -0.4 is 5.32 Å². The van der Waals surface area contributed by atoms with Gasteiger partial charge in [-0.2, -0.15) is 11.8 Å². The Labute approximate surface area is 120 Å². The number of esters is 1. The van der Waals surface area contributed by atoms with Gasteiger partial charge in [-0.3, -0.25) is 4.79 Å². The Morgan fingerprint density at radius 3 is 2.89 bits per heavy atom. The predicted molar refractivity (Wildman–Crippen MR) is 77.7 cm³/mol. The number of thioether (sulfide) groups is 1. The zero-order chi connectivity index (χ0) is 12.8. The largest absolute Gasteiger partial charge is 0.461 e. The molecule has 0 saturated carbocycles. The van der Waals surface area contributed by atoms with Crippen LogP contribution in [0.15, 0.2) is 28.7 Å². The maximum atomic E-state index is 11.7. The fourth-order valence-corrected chi connectivity index (χ4v) is 2.97. The summed E-state index contributed by atoms with van der Waals surface area (Å²) in [5.41, 5.74) is 1.01. The van der Waals surface area contributed by atoms with Gasteiger partial charge < -0.3 is 10.1 Å². The molecular weight excluding hydrogens is 314 g/mol. The summed E-state index contributed by atoms with van der Waals surface area (Å²) in [4.78, 5) is 11.7.